The van der Waals surface area contributed by atoms with Crippen molar-refractivity contribution in [1.82, 2.24) is 5.43 Å². The Morgan fingerprint density at radius 1 is 0.964 bits per heavy atom. The van der Waals surface area contributed by atoms with Gasteiger partial charge in [-0.3, -0.25) is 9.59 Å². The maximum absolute atomic E-state index is 12.3. The Labute approximate surface area is 163 Å². The Morgan fingerprint density at radius 3 is 2.36 bits per heavy atom. The van der Waals surface area contributed by atoms with Gasteiger partial charge in [0.05, 0.1) is 33.3 Å². The molecule has 2 rings (SSSR count). The van der Waals surface area contributed by atoms with Crippen molar-refractivity contribution in [2.45, 2.75) is 13.3 Å². The number of hydrogen-bond acceptors (Lipinski definition) is 6. The number of hydrazone groups is 1. The van der Waals surface area contributed by atoms with Gasteiger partial charge in [0, 0.05) is 23.5 Å². The number of carbonyl (C=O) groups is 2. The SMILES string of the molecule is COc1cccc(NC(=O)C/C(C)=N\NC(=O)c2ccc(OC)cc2OC)c1. The van der Waals surface area contributed by atoms with Crippen molar-refractivity contribution in [1.29, 1.82) is 0 Å². The molecular weight excluding hydrogens is 362 g/mol. The number of amides is 2. The Kier molecular flexibility index (Phi) is 7.38. The first kappa shape index (κ1) is 20.8. The molecular formula is C20H23N3O5. The minimum absolute atomic E-state index is 0.0250. The van der Waals surface area contributed by atoms with Crippen LogP contribution in [0.4, 0.5) is 5.69 Å². The van der Waals surface area contributed by atoms with Crippen LogP contribution in [0.3, 0.4) is 0 Å². The van der Waals surface area contributed by atoms with E-state index in [4.69, 9.17) is 14.2 Å². The molecule has 2 aromatic rings. The van der Waals surface area contributed by atoms with E-state index < -0.39 is 5.91 Å². The lowest BCUT2D eigenvalue weighted by atomic mass is 10.2. The number of carbonyl (C=O) groups excluding carboxylic acids is 2. The van der Waals surface area contributed by atoms with Crippen LogP contribution < -0.4 is 25.0 Å². The summed E-state index contributed by atoms with van der Waals surface area (Å²) in [5, 5.41) is 6.73. The predicted octanol–water partition coefficient (Wildman–Crippen LogP) is 2.85. The summed E-state index contributed by atoms with van der Waals surface area (Å²) < 4.78 is 15.4. The molecule has 0 radical (unpaired) electrons. The van der Waals surface area contributed by atoms with Crippen LogP contribution in [0.2, 0.25) is 0 Å². The minimum Gasteiger partial charge on any atom is -0.497 e. The van der Waals surface area contributed by atoms with Crippen LogP contribution in [-0.4, -0.2) is 38.9 Å². The van der Waals surface area contributed by atoms with Gasteiger partial charge in [0.1, 0.15) is 17.2 Å². The number of nitrogens with one attached hydrogen (secondary N) is 2. The Balaban J connectivity index is 1.96. The fourth-order valence-corrected chi connectivity index (χ4v) is 2.37. The van der Waals surface area contributed by atoms with Crippen LogP contribution in [0.15, 0.2) is 47.6 Å². The van der Waals surface area contributed by atoms with Gasteiger partial charge in [0.2, 0.25) is 5.91 Å². The largest absolute Gasteiger partial charge is 0.497 e. The molecule has 0 saturated heterocycles. The van der Waals surface area contributed by atoms with Gasteiger partial charge in [-0.25, -0.2) is 5.43 Å². The van der Waals surface area contributed by atoms with Crippen molar-refractivity contribution in [3.63, 3.8) is 0 Å². The molecule has 2 amide bonds. The van der Waals surface area contributed by atoms with Crippen LogP contribution in [0.5, 0.6) is 17.2 Å². The van der Waals surface area contributed by atoms with Crippen molar-refractivity contribution in [3.8, 4) is 17.2 Å². The highest BCUT2D eigenvalue weighted by atomic mass is 16.5. The predicted molar refractivity (Wildman–Crippen MR) is 106 cm³/mol. The molecule has 0 aliphatic carbocycles. The summed E-state index contributed by atoms with van der Waals surface area (Å²) in [5.41, 5.74) is 3.79. The van der Waals surface area contributed by atoms with Crippen LogP contribution in [0, 0.1) is 0 Å². The molecule has 0 unspecified atom stereocenters. The molecule has 2 aromatic carbocycles. The number of benzene rings is 2. The second-order valence-electron chi connectivity index (χ2n) is 5.81. The smallest absolute Gasteiger partial charge is 0.275 e. The first-order chi connectivity index (χ1) is 13.5. The molecule has 8 heteroatoms. The number of rotatable bonds is 8. The van der Waals surface area contributed by atoms with E-state index in [0.717, 1.165) is 0 Å². The maximum Gasteiger partial charge on any atom is 0.275 e. The number of ether oxygens (including phenoxy) is 3. The zero-order chi connectivity index (χ0) is 20.5. The van der Waals surface area contributed by atoms with Gasteiger partial charge in [-0.1, -0.05) is 6.07 Å². The third kappa shape index (κ3) is 5.73. The highest BCUT2D eigenvalue weighted by Gasteiger charge is 2.13. The molecule has 148 valence electrons. The molecule has 2 N–H and O–H groups in total. The zero-order valence-corrected chi connectivity index (χ0v) is 16.2. The van der Waals surface area contributed by atoms with E-state index in [-0.39, 0.29) is 12.3 Å². The Hall–Kier alpha value is -3.55. The zero-order valence-electron chi connectivity index (χ0n) is 16.2. The van der Waals surface area contributed by atoms with Crippen molar-refractivity contribution in [2.75, 3.05) is 26.6 Å². The van der Waals surface area contributed by atoms with Gasteiger partial charge in [-0.05, 0) is 31.2 Å². The van der Waals surface area contributed by atoms with E-state index in [1.165, 1.54) is 14.2 Å². The second kappa shape index (κ2) is 9.96. The minimum atomic E-state index is -0.452. The molecule has 0 spiro atoms. The lowest BCUT2D eigenvalue weighted by Crippen LogP contribution is -2.22. The monoisotopic (exact) mass is 385 g/mol. The summed E-state index contributed by atoms with van der Waals surface area (Å²) in [5.74, 6) is 0.865. The fraction of sp³-hybridized carbons (Fsp3) is 0.250. The summed E-state index contributed by atoms with van der Waals surface area (Å²) in [6, 6.07) is 11.9. The number of anilines is 1. The molecule has 8 nitrogen and oxygen atoms in total. The molecule has 28 heavy (non-hydrogen) atoms. The van der Waals surface area contributed by atoms with Crippen molar-refractivity contribution >= 4 is 23.2 Å². The Bertz CT molecular complexity index is 880. The van der Waals surface area contributed by atoms with Crippen LogP contribution in [0.25, 0.3) is 0 Å². The summed E-state index contributed by atoms with van der Waals surface area (Å²) in [4.78, 5) is 24.5. The normalized spacial score (nSPS) is 10.8. The maximum atomic E-state index is 12.3. The van der Waals surface area contributed by atoms with E-state index in [1.54, 1.807) is 56.5 Å². The first-order valence-electron chi connectivity index (χ1n) is 8.46. The fourth-order valence-electron chi connectivity index (χ4n) is 2.37. The molecule has 0 atom stereocenters. The highest BCUT2D eigenvalue weighted by Crippen LogP contribution is 2.24. The molecule has 0 fully saturated rings. The lowest BCUT2D eigenvalue weighted by molar-refractivity contribution is -0.115. The summed E-state index contributed by atoms with van der Waals surface area (Å²) in [6.45, 7) is 1.65. The average Bonchev–Trinajstić information content (AvgIpc) is 2.71. The van der Waals surface area contributed by atoms with Gasteiger partial charge >= 0.3 is 0 Å². The van der Waals surface area contributed by atoms with Crippen molar-refractivity contribution < 1.29 is 23.8 Å². The average molecular weight is 385 g/mol. The topological polar surface area (TPSA) is 98.2 Å². The molecule has 0 saturated carbocycles. The van der Waals surface area contributed by atoms with Gasteiger partial charge in [-0.15, -0.1) is 0 Å². The molecule has 0 aromatic heterocycles. The van der Waals surface area contributed by atoms with Crippen molar-refractivity contribution in [3.05, 3.63) is 48.0 Å². The molecule has 0 bridgehead atoms. The van der Waals surface area contributed by atoms with E-state index >= 15 is 0 Å². The third-order valence-electron chi connectivity index (χ3n) is 3.77. The van der Waals surface area contributed by atoms with E-state index in [2.05, 4.69) is 15.8 Å². The van der Waals surface area contributed by atoms with E-state index in [0.29, 0.717) is 34.2 Å². The van der Waals surface area contributed by atoms with Crippen LogP contribution >= 0.6 is 0 Å². The number of nitrogens with zero attached hydrogens (tertiary/aromatic N) is 1. The summed E-state index contributed by atoms with van der Waals surface area (Å²) in [6.07, 6.45) is 0.0250. The van der Waals surface area contributed by atoms with E-state index in [1.807, 2.05) is 0 Å². The first-order valence-corrected chi connectivity index (χ1v) is 8.46. The van der Waals surface area contributed by atoms with Crippen LogP contribution in [0.1, 0.15) is 23.7 Å². The summed E-state index contributed by atoms with van der Waals surface area (Å²) >= 11 is 0. The summed E-state index contributed by atoms with van der Waals surface area (Å²) in [7, 11) is 4.54. The molecule has 0 aliphatic heterocycles. The highest BCUT2D eigenvalue weighted by molar-refractivity contribution is 6.06. The molecule has 0 heterocycles. The standard InChI is InChI=1S/C20H23N3O5/c1-13(10-19(24)21-14-6-5-7-15(11-14)26-2)22-23-20(25)17-9-8-16(27-3)12-18(17)28-4/h5-9,11-12H,10H2,1-4H3,(H,21,24)(H,23,25)/b22-13-. The number of methoxy groups -OCH3 is 3. The Morgan fingerprint density at radius 2 is 1.68 bits per heavy atom. The van der Waals surface area contributed by atoms with Gasteiger partial charge in [0.25, 0.3) is 5.91 Å². The van der Waals surface area contributed by atoms with Gasteiger partial charge in [-0.2, -0.15) is 5.10 Å². The molecule has 0 aliphatic rings. The number of hydrogen-bond donors (Lipinski definition) is 2. The van der Waals surface area contributed by atoms with E-state index in [9.17, 15) is 9.59 Å². The third-order valence-corrected chi connectivity index (χ3v) is 3.77. The lowest BCUT2D eigenvalue weighted by Gasteiger charge is -2.09. The van der Waals surface area contributed by atoms with Gasteiger partial charge < -0.3 is 19.5 Å². The quantitative estimate of drug-likeness (QED) is 0.538. The van der Waals surface area contributed by atoms with Crippen molar-refractivity contribution in [2.24, 2.45) is 5.10 Å². The second-order valence-corrected chi connectivity index (χ2v) is 5.81. The van der Waals surface area contributed by atoms with Crippen LogP contribution in [-0.2, 0) is 4.79 Å². The van der Waals surface area contributed by atoms with Gasteiger partial charge in [0.15, 0.2) is 0 Å².